The van der Waals surface area contributed by atoms with E-state index < -0.39 is 29.9 Å². The first-order valence-corrected chi connectivity index (χ1v) is 8.90. The molecule has 1 aliphatic rings. The van der Waals surface area contributed by atoms with Gasteiger partial charge in [0.1, 0.15) is 0 Å². The number of hydrogen-bond acceptors (Lipinski definition) is 6. The van der Waals surface area contributed by atoms with Gasteiger partial charge in [-0.3, -0.25) is 9.59 Å². The molecule has 1 atom stereocenters. The predicted octanol–water partition coefficient (Wildman–Crippen LogP) is -0.0740. The summed E-state index contributed by atoms with van der Waals surface area (Å²) in [7, 11) is 1.54. The van der Waals surface area contributed by atoms with Gasteiger partial charge in [0.2, 0.25) is 5.91 Å². The van der Waals surface area contributed by atoms with E-state index in [4.69, 9.17) is 10.8 Å². The fraction of sp³-hybridized carbons (Fsp3) is 0.500. The molecule has 146 valence electrons. The van der Waals surface area contributed by atoms with Gasteiger partial charge in [0.15, 0.2) is 5.82 Å². The minimum absolute atomic E-state index is 0.121. The van der Waals surface area contributed by atoms with Crippen LogP contribution in [0.3, 0.4) is 0 Å². The molecule has 0 aliphatic carbocycles. The number of aliphatic hydroxyl groups is 1. The number of fused-ring (bicyclic) bond motifs is 1. The van der Waals surface area contributed by atoms with E-state index in [0.717, 1.165) is 11.3 Å². The standard InChI is InChI=1S/C18H25N5O4/c1-21(17(26)13(19)11-15(24)25)12-18(27)4-8-23(9-5-18)16-14-3-2-7-22(14)10-6-20-16/h2-3,6-7,10,13,27H,4-5,8-9,11-12,19H2,1H3,(H,24,25)/t13-/m0/s1. The molecule has 0 unspecified atom stereocenters. The molecule has 3 heterocycles. The lowest BCUT2D eigenvalue weighted by atomic mass is 9.90. The van der Waals surface area contributed by atoms with E-state index in [2.05, 4.69) is 9.88 Å². The summed E-state index contributed by atoms with van der Waals surface area (Å²) in [6, 6.07) is 2.86. The SMILES string of the molecule is CN(CC1(O)CCN(c2nccn3cccc23)CC1)C(=O)[C@@H](N)CC(=O)O. The Bertz CT molecular complexity index is 828. The van der Waals surface area contributed by atoms with Crippen LogP contribution in [0.5, 0.6) is 0 Å². The number of carbonyl (C=O) groups is 2. The maximum absolute atomic E-state index is 12.2. The summed E-state index contributed by atoms with van der Waals surface area (Å²) in [6.45, 7) is 1.34. The van der Waals surface area contributed by atoms with E-state index in [0.29, 0.717) is 25.9 Å². The number of piperidine rings is 1. The van der Waals surface area contributed by atoms with Crippen LogP contribution in [0.4, 0.5) is 5.82 Å². The third-order valence-corrected chi connectivity index (χ3v) is 5.05. The highest BCUT2D eigenvalue weighted by molar-refractivity contribution is 5.85. The van der Waals surface area contributed by atoms with E-state index in [1.165, 1.54) is 11.9 Å². The Labute approximate surface area is 157 Å². The normalized spacial score (nSPS) is 17.7. The first-order chi connectivity index (χ1) is 12.8. The number of likely N-dealkylation sites (N-methyl/N-ethyl adjacent to an activating group) is 1. The van der Waals surface area contributed by atoms with Gasteiger partial charge in [0.25, 0.3) is 0 Å². The third kappa shape index (κ3) is 4.20. The second kappa shape index (κ2) is 7.53. The molecule has 3 rings (SSSR count). The summed E-state index contributed by atoms with van der Waals surface area (Å²) >= 11 is 0. The molecule has 0 bridgehead atoms. The Morgan fingerprint density at radius 3 is 2.74 bits per heavy atom. The Hall–Kier alpha value is -2.65. The molecule has 0 radical (unpaired) electrons. The minimum Gasteiger partial charge on any atom is -0.481 e. The largest absolute Gasteiger partial charge is 0.481 e. The fourth-order valence-electron chi connectivity index (χ4n) is 3.57. The summed E-state index contributed by atoms with van der Waals surface area (Å²) < 4.78 is 2.00. The number of anilines is 1. The zero-order valence-corrected chi connectivity index (χ0v) is 15.3. The quantitative estimate of drug-likeness (QED) is 0.645. The summed E-state index contributed by atoms with van der Waals surface area (Å²) in [5.74, 6) is -0.728. The molecule has 9 heteroatoms. The highest BCUT2D eigenvalue weighted by atomic mass is 16.4. The molecular formula is C18H25N5O4. The minimum atomic E-state index is -1.12. The van der Waals surface area contributed by atoms with Gasteiger partial charge in [-0.05, 0) is 25.0 Å². The molecule has 0 saturated carbocycles. The average molecular weight is 375 g/mol. The van der Waals surface area contributed by atoms with Gasteiger partial charge in [-0.15, -0.1) is 0 Å². The van der Waals surface area contributed by atoms with Gasteiger partial charge in [0.05, 0.1) is 23.6 Å². The Kier molecular flexibility index (Phi) is 5.33. The molecule has 0 aromatic carbocycles. The van der Waals surface area contributed by atoms with Crippen LogP contribution in [-0.4, -0.2) is 74.7 Å². The van der Waals surface area contributed by atoms with E-state index >= 15 is 0 Å². The number of rotatable bonds is 6. The van der Waals surface area contributed by atoms with Gasteiger partial charge >= 0.3 is 5.97 Å². The number of hydrogen-bond donors (Lipinski definition) is 3. The Morgan fingerprint density at radius 1 is 1.37 bits per heavy atom. The molecule has 2 aromatic rings. The van der Waals surface area contributed by atoms with Crippen molar-refractivity contribution >= 4 is 23.2 Å². The van der Waals surface area contributed by atoms with Crippen LogP contribution >= 0.6 is 0 Å². The Balaban J connectivity index is 1.61. The van der Waals surface area contributed by atoms with Gasteiger partial charge in [-0.25, -0.2) is 4.98 Å². The van der Waals surface area contributed by atoms with E-state index in [1.807, 2.05) is 28.9 Å². The molecule has 1 fully saturated rings. The number of amides is 1. The smallest absolute Gasteiger partial charge is 0.305 e. The topological polar surface area (TPSA) is 124 Å². The summed E-state index contributed by atoms with van der Waals surface area (Å²) in [4.78, 5) is 30.9. The van der Waals surface area contributed by atoms with Crippen molar-refractivity contribution in [1.82, 2.24) is 14.3 Å². The Morgan fingerprint density at radius 2 is 2.07 bits per heavy atom. The molecule has 4 N–H and O–H groups in total. The van der Waals surface area contributed by atoms with E-state index in [-0.39, 0.29) is 6.54 Å². The van der Waals surface area contributed by atoms with Gasteiger partial charge in [-0.1, -0.05) is 0 Å². The van der Waals surface area contributed by atoms with Gasteiger partial charge in [0, 0.05) is 45.3 Å². The average Bonchev–Trinajstić information content (AvgIpc) is 3.09. The monoisotopic (exact) mass is 375 g/mol. The van der Waals surface area contributed by atoms with Gasteiger partial charge < -0.3 is 30.1 Å². The van der Waals surface area contributed by atoms with Crippen LogP contribution in [0.1, 0.15) is 19.3 Å². The number of nitrogens with zero attached hydrogens (tertiary/aromatic N) is 4. The molecule has 9 nitrogen and oxygen atoms in total. The number of carbonyl (C=O) groups excluding carboxylic acids is 1. The van der Waals surface area contributed by atoms with E-state index in [1.54, 1.807) is 6.20 Å². The molecule has 2 aromatic heterocycles. The van der Waals surface area contributed by atoms with Gasteiger partial charge in [-0.2, -0.15) is 0 Å². The first-order valence-electron chi connectivity index (χ1n) is 8.90. The number of carboxylic acid groups (broad SMARTS) is 1. The molecular weight excluding hydrogens is 350 g/mol. The molecule has 1 aliphatic heterocycles. The summed E-state index contributed by atoms with van der Waals surface area (Å²) in [5.41, 5.74) is 5.61. The maximum Gasteiger partial charge on any atom is 0.305 e. The van der Waals surface area contributed by atoms with Crippen LogP contribution in [0.2, 0.25) is 0 Å². The second-order valence-corrected chi connectivity index (χ2v) is 7.16. The molecule has 1 saturated heterocycles. The maximum atomic E-state index is 12.2. The van der Waals surface area contributed by atoms with Crippen molar-refractivity contribution < 1.29 is 19.8 Å². The van der Waals surface area contributed by atoms with Crippen LogP contribution in [0, 0.1) is 0 Å². The lowest BCUT2D eigenvalue weighted by Gasteiger charge is -2.41. The third-order valence-electron chi connectivity index (χ3n) is 5.05. The van der Waals surface area contributed by atoms with E-state index in [9.17, 15) is 14.7 Å². The zero-order valence-electron chi connectivity index (χ0n) is 15.3. The lowest BCUT2D eigenvalue weighted by molar-refractivity contribution is -0.142. The van der Waals surface area contributed by atoms with Crippen LogP contribution in [-0.2, 0) is 9.59 Å². The number of carboxylic acids is 1. The van der Waals surface area contributed by atoms with Crippen molar-refractivity contribution in [2.45, 2.75) is 30.9 Å². The van der Waals surface area contributed by atoms with Crippen LogP contribution in [0.15, 0.2) is 30.7 Å². The van der Waals surface area contributed by atoms with Crippen molar-refractivity contribution in [3.05, 3.63) is 30.7 Å². The summed E-state index contributed by atoms with van der Waals surface area (Å²) in [6.07, 6.45) is 6.12. The first kappa shape index (κ1) is 19.1. The summed E-state index contributed by atoms with van der Waals surface area (Å²) in [5, 5.41) is 19.7. The molecule has 1 amide bonds. The molecule has 0 spiro atoms. The van der Waals surface area contributed by atoms with Crippen molar-refractivity contribution in [1.29, 1.82) is 0 Å². The number of nitrogens with two attached hydrogens (primary N) is 1. The zero-order chi connectivity index (χ0) is 19.6. The van der Waals surface area contributed by atoms with Crippen LogP contribution < -0.4 is 10.6 Å². The van der Waals surface area contributed by atoms with Crippen molar-refractivity contribution in [2.24, 2.45) is 5.73 Å². The van der Waals surface area contributed by atoms with Crippen molar-refractivity contribution in [3.63, 3.8) is 0 Å². The molecule has 27 heavy (non-hydrogen) atoms. The highest BCUT2D eigenvalue weighted by Crippen LogP contribution is 2.28. The van der Waals surface area contributed by atoms with Crippen molar-refractivity contribution in [2.75, 3.05) is 31.6 Å². The number of aliphatic carboxylic acids is 1. The van der Waals surface area contributed by atoms with Crippen molar-refractivity contribution in [3.8, 4) is 0 Å². The van der Waals surface area contributed by atoms with Crippen LogP contribution in [0.25, 0.3) is 5.52 Å². The number of aromatic nitrogens is 2. The fourth-order valence-corrected chi connectivity index (χ4v) is 3.57. The lowest BCUT2D eigenvalue weighted by Crippen LogP contribution is -2.54. The predicted molar refractivity (Wildman–Crippen MR) is 99.5 cm³/mol. The second-order valence-electron chi connectivity index (χ2n) is 7.16. The highest BCUT2D eigenvalue weighted by Gasteiger charge is 2.36.